The molecule has 4 heteroatoms. The lowest BCUT2D eigenvalue weighted by Crippen LogP contribution is -2.49. The van der Waals surface area contributed by atoms with Gasteiger partial charge in [0, 0.05) is 25.7 Å². The number of benzene rings is 1. The van der Waals surface area contributed by atoms with Gasteiger partial charge >= 0.3 is 0 Å². The fourth-order valence-electron chi connectivity index (χ4n) is 2.83. The number of hydrogen-bond acceptors (Lipinski definition) is 3. The molecule has 1 heterocycles. The summed E-state index contributed by atoms with van der Waals surface area (Å²) in [7, 11) is 0. The van der Waals surface area contributed by atoms with E-state index in [1.807, 2.05) is 6.07 Å². The molecule has 0 aliphatic carbocycles. The maximum absolute atomic E-state index is 11.9. The van der Waals surface area contributed by atoms with Crippen LogP contribution in [0.4, 0.5) is 0 Å². The number of hydrogen-bond donors (Lipinski definition) is 2. The van der Waals surface area contributed by atoms with Gasteiger partial charge in [0.05, 0.1) is 6.04 Å². The van der Waals surface area contributed by atoms with Crippen molar-refractivity contribution in [1.29, 1.82) is 0 Å². The minimum atomic E-state index is -0.350. The molecule has 4 nitrogen and oxygen atoms in total. The van der Waals surface area contributed by atoms with Gasteiger partial charge in [0.25, 0.3) is 0 Å². The van der Waals surface area contributed by atoms with E-state index in [1.165, 1.54) is 5.56 Å². The highest BCUT2D eigenvalue weighted by molar-refractivity contribution is 5.81. The Hall–Kier alpha value is -1.39. The molecule has 116 valence electrons. The summed E-state index contributed by atoms with van der Waals surface area (Å²) < 4.78 is 0. The molecule has 0 aromatic heterocycles. The summed E-state index contributed by atoms with van der Waals surface area (Å²) in [5, 5.41) is 3.10. The van der Waals surface area contributed by atoms with Gasteiger partial charge in [-0.3, -0.25) is 9.69 Å². The molecule has 1 aliphatic rings. The topological polar surface area (TPSA) is 58.4 Å². The van der Waals surface area contributed by atoms with Gasteiger partial charge in [-0.1, -0.05) is 43.7 Å². The number of likely N-dealkylation sites (tertiary alicyclic amines) is 1. The van der Waals surface area contributed by atoms with E-state index in [9.17, 15) is 4.79 Å². The summed E-state index contributed by atoms with van der Waals surface area (Å²) in [6.45, 7) is 5.11. The zero-order valence-electron chi connectivity index (χ0n) is 12.9. The molecule has 2 rings (SSSR count). The fraction of sp³-hybridized carbons (Fsp3) is 0.588. The van der Waals surface area contributed by atoms with E-state index in [-0.39, 0.29) is 18.0 Å². The lowest BCUT2D eigenvalue weighted by Gasteiger charge is -2.32. The van der Waals surface area contributed by atoms with Gasteiger partial charge in [-0.05, 0) is 24.8 Å². The minimum absolute atomic E-state index is 0.0124. The van der Waals surface area contributed by atoms with E-state index in [1.54, 1.807) is 0 Å². The number of carbonyl (C=O) groups is 1. The second-order valence-corrected chi connectivity index (χ2v) is 5.94. The Bertz CT molecular complexity index is 427. The first-order valence-electron chi connectivity index (χ1n) is 8.01. The highest BCUT2D eigenvalue weighted by atomic mass is 16.2. The molecule has 1 aliphatic heterocycles. The van der Waals surface area contributed by atoms with Crippen LogP contribution in [0, 0.1) is 0 Å². The lowest BCUT2D eigenvalue weighted by molar-refractivity contribution is -0.123. The van der Waals surface area contributed by atoms with Crippen LogP contribution in [0.15, 0.2) is 30.3 Å². The quantitative estimate of drug-likeness (QED) is 0.841. The standard InChI is InChI=1S/C17H27N3O/c1-2-6-16(18)17(21)19-15-9-11-20(12-10-15)13-14-7-4-3-5-8-14/h3-5,7-8,15-16H,2,6,9-13,18H2,1H3,(H,19,21). The number of nitrogens with one attached hydrogen (secondary N) is 1. The van der Waals surface area contributed by atoms with Crippen molar-refractivity contribution < 1.29 is 4.79 Å². The predicted molar refractivity (Wildman–Crippen MR) is 85.8 cm³/mol. The maximum atomic E-state index is 11.9. The minimum Gasteiger partial charge on any atom is -0.352 e. The zero-order valence-corrected chi connectivity index (χ0v) is 12.9. The first-order valence-corrected chi connectivity index (χ1v) is 8.01. The number of carbonyl (C=O) groups excluding carboxylic acids is 1. The average Bonchev–Trinajstić information content (AvgIpc) is 2.50. The second kappa shape index (κ2) is 8.15. The van der Waals surface area contributed by atoms with Crippen LogP contribution in [0.5, 0.6) is 0 Å². The van der Waals surface area contributed by atoms with E-state index in [0.717, 1.165) is 45.3 Å². The van der Waals surface area contributed by atoms with E-state index < -0.39 is 0 Å². The highest BCUT2D eigenvalue weighted by Crippen LogP contribution is 2.14. The van der Waals surface area contributed by atoms with Crippen molar-refractivity contribution in [3.05, 3.63) is 35.9 Å². The van der Waals surface area contributed by atoms with Gasteiger partial charge < -0.3 is 11.1 Å². The number of piperidine rings is 1. The molecule has 1 amide bonds. The van der Waals surface area contributed by atoms with Crippen LogP contribution in [0.3, 0.4) is 0 Å². The van der Waals surface area contributed by atoms with E-state index in [4.69, 9.17) is 5.73 Å². The highest BCUT2D eigenvalue weighted by Gasteiger charge is 2.22. The summed E-state index contributed by atoms with van der Waals surface area (Å²) in [4.78, 5) is 14.4. The van der Waals surface area contributed by atoms with Crippen LogP contribution in [0.1, 0.15) is 38.2 Å². The summed E-state index contributed by atoms with van der Waals surface area (Å²) in [5.74, 6) is 0.0124. The second-order valence-electron chi connectivity index (χ2n) is 5.94. The monoisotopic (exact) mass is 289 g/mol. The molecule has 21 heavy (non-hydrogen) atoms. The molecule has 0 saturated carbocycles. The Morgan fingerprint density at radius 2 is 2.00 bits per heavy atom. The van der Waals surface area contributed by atoms with Crippen molar-refractivity contribution in [3.63, 3.8) is 0 Å². The van der Waals surface area contributed by atoms with Gasteiger partial charge in [-0.15, -0.1) is 0 Å². The third-order valence-corrected chi connectivity index (χ3v) is 4.12. The Morgan fingerprint density at radius 1 is 1.33 bits per heavy atom. The molecule has 0 spiro atoms. The maximum Gasteiger partial charge on any atom is 0.237 e. The SMILES string of the molecule is CCCC(N)C(=O)NC1CCN(Cc2ccccc2)CC1. The molecule has 1 fully saturated rings. The first-order chi connectivity index (χ1) is 10.2. The molecule has 1 aromatic rings. The van der Waals surface area contributed by atoms with Crippen molar-refractivity contribution >= 4 is 5.91 Å². The normalized spacial score (nSPS) is 18.4. The van der Waals surface area contributed by atoms with Crippen LogP contribution >= 0.6 is 0 Å². The summed E-state index contributed by atoms with van der Waals surface area (Å²) >= 11 is 0. The lowest BCUT2D eigenvalue weighted by atomic mass is 10.0. The molecule has 0 bridgehead atoms. The number of nitrogens with two attached hydrogens (primary N) is 1. The van der Waals surface area contributed by atoms with Crippen LogP contribution in [0.25, 0.3) is 0 Å². The largest absolute Gasteiger partial charge is 0.352 e. The molecule has 1 atom stereocenters. The molecule has 0 radical (unpaired) electrons. The van der Waals surface area contributed by atoms with Gasteiger partial charge in [0.2, 0.25) is 5.91 Å². The van der Waals surface area contributed by atoms with Crippen molar-refractivity contribution in [2.75, 3.05) is 13.1 Å². The summed E-state index contributed by atoms with van der Waals surface area (Å²) in [5.41, 5.74) is 7.20. The van der Waals surface area contributed by atoms with Gasteiger partial charge in [-0.25, -0.2) is 0 Å². The molecule has 3 N–H and O–H groups in total. The van der Waals surface area contributed by atoms with E-state index in [2.05, 4.69) is 41.4 Å². The summed E-state index contributed by atoms with van der Waals surface area (Å²) in [6, 6.07) is 10.5. The van der Waals surface area contributed by atoms with Crippen molar-refractivity contribution in [1.82, 2.24) is 10.2 Å². The average molecular weight is 289 g/mol. The third-order valence-electron chi connectivity index (χ3n) is 4.12. The first kappa shape index (κ1) is 16.0. The molecule has 1 aromatic carbocycles. The Labute approximate surface area is 127 Å². The van der Waals surface area contributed by atoms with Crippen LogP contribution in [0.2, 0.25) is 0 Å². The van der Waals surface area contributed by atoms with Crippen LogP contribution in [-0.2, 0) is 11.3 Å². The van der Waals surface area contributed by atoms with Crippen LogP contribution < -0.4 is 11.1 Å². The molecule has 1 saturated heterocycles. The smallest absolute Gasteiger partial charge is 0.237 e. The van der Waals surface area contributed by atoms with Crippen molar-refractivity contribution in [3.8, 4) is 0 Å². The van der Waals surface area contributed by atoms with Crippen molar-refractivity contribution in [2.45, 2.75) is 51.2 Å². The molecular formula is C17H27N3O. The van der Waals surface area contributed by atoms with E-state index in [0.29, 0.717) is 0 Å². The molecule has 1 unspecified atom stereocenters. The van der Waals surface area contributed by atoms with Gasteiger partial charge in [0.15, 0.2) is 0 Å². The van der Waals surface area contributed by atoms with Crippen molar-refractivity contribution in [2.24, 2.45) is 5.73 Å². The van der Waals surface area contributed by atoms with E-state index >= 15 is 0 Å². The summed E-state index contributed by atoms with van der Waals surface area (Å²) in [6.07, 6.45) is 3.73. The van der Waals surface area contributed by atoms with Gasteiger partial charge in [0.1, 0.15) is 0 Å². The zero-order chi connectivity index (χ0) is 15.1. The number of amides is 1. The Balaban J connectivity index is 1.72. The fourth-order valence-corrected chi connectivity index (χ4v) is 2.83. The number of nitrogens with zero attached hydrogens (tertiary/aromatic N) is 1. The Morgan fingerprint density at radius 3 is 2.62 bits per heavy atom. The van der Waals surface area contributed by atoms with Gasteiger partial charge in [-0.2, -0.15) is 0 Å². The molecular weight excluding hydrogens is 262 g/mol. The van der Waals surface area contributed by atoms with Crippen LogP contribution in [-0.4, -0.2) is 36.0 Å². The predicted octanol–water partition coefficient (Wildman–Crippen LogP) is 1.89. The third kappa shape index (κ3) is 5.14. The Kier molecular flexibility index (Phi) is 6.21. The number of rotatable bonds is 6.